The van der Waals surface area contributed by atoms with Crippen LogP contribution in [-0.2, 0) is 7.05 Å². The van der Waals surface area contributed by atoms with Gasteiger partial charge in [-0.25, -0.2) is 13.8 Å². The molecular weight excluding hydrogens is 422 g/mol. The lowest BCUT2D eigenvalue weighted by molar-refractivity contribution is 0.0917. The molecule has 1 saturated carbocycles. The van der Waals surface area contributed by atoms with Gasteiger partial charge in [0, 0.05) is 19.2 Å². The molecule has 1 aliphatic rings. The predicted octanol–water partition coefficient (Wildman–Crippen LogP) is 5.95. The van der Waals surface area contributed by atoms with E-state index in [1.54, 1.807) is 17.7 Å². The van der Waals surface area contributed by atoms with Crippen molar-refractivity contribution in [3.05, 3.63) is 52.6 Å². The van der Waals surface area contributed by atoms with E-state index in [1.165, 1.54) is 24.3 Å². The van der Waals surface area contributed by atoms with E-state index in [9.17, 15) is 13.6 Å². The highest BCUT2D eigenvalue weighted by Gasteiger charge is 2.24. The maximum absolute atomic E-state index is 14.8. The van der Waals surface area contributed by atoms with Crippen molar-refractivity contribution in [2.45, 2.75) is 45.1 Å². The van der Waals surface area contributed by atoms with Crippen molar-refractivity contribution in [2.75, 3.05) is 5.32 Å². The summed E-state index contributed by atoms with van der Waals surface area (Å²) < 4.78 is 30.5. The Balaban J connectivity index is 1.58. The second kappa shape index (κ2) is 8.83. The Hall–Kier alpha value is -2.67. The van der Waals surface area contributed by atoms with E-state index >= 15 is 0 Å². The number of amides is 1. The Morgan fingerprint density at radius 1 is 1.19 bits per heavy atom. The van der Waals surface area contributed by atoms with E-state index in [0.717, 1.165) is 32.1 Å². The standard InChI is InChI=1S/C23H25ClF2N4O/c1-3-13-7-9-14(10-8-13)27-22(31)15-11-19-20(12-18(15)26)30(2)23(28-19)29-21-16(24)5-4-6-17(21)25/h4-6,11-14H,3,7-10H2,1-2H3,(H,27,31)(H,28,29). The zero-order valence-corrected chi connectivity index (χ0v) is 18.3. The van der Waals surface area contributed by atoms with Crippen LogP contribution in [0.2, 0.25) is 5.02 Å². The number of nitrogens with one attached hydrogen (secondary N) is 2. The number of nitrogens with zero attached hydrogens (tertiary/aromatic N) is 2. The zero-order valence-electron chi connectivity index (χ0n) is 17.5. The number of halogens is 3. The molecule has 1 amide bonds. The molecule has 2 N–H and O–H groups in total. The van der Waals surface area contributed by atoms with Gasteiger partial charge in [0.25, 0.3) is 5.91 Å². The zero-order chi connectivity index (χ0) is 22.1. The first-order valence-electron chi connectivity index (χ1n) is 10.5. The fraction of sp³-hybridized carbons (Fsp3) is 0.391. The molecule has 0 spiro atoms. The predicted molar refractivity (Wildman–Crippen MR) is 119 cm³/mol. The summed E-state index contributed by atoms with van der Waals surface area (Å²) in [5, 5.41) is 6.03. The van der Waals surface area contributed by atoms with Crippen molar-refractivity contribution in [1.82, 2.24) is 14.9 Å². The highest BCUT2D eigenvalue weighted by molar-refractivity contribution is 6.33. The number of carbonyl (C=O) groups is 1. The molecule has 1 aliphatic carbocycles. The number of benzene rings is 2. The van der Waals surface area contributed by atoms with Crippen LogP contribution in [0.5, 0.6) is 0 Å². The molecule has 2 aromatic carbocycles. The normalized spacial score (nSPS) is 18.9. The number of imidazole rings is 1. The van der Waals surface area contributed by atoms with Crippen molar-refractivity contribution in [2.24, 2.45) is 13.0 Å². The molecular formula is C23H25ClF2N4O. The molecule has 4 rings (SSSR count). The number of para-hydroxylation sites is 1. The van der Waals surface area contributed by atoms with Crippen LogP contribution in [0.3, 0.4) is 0 Å². The Morgan fingerprint density at radius 3 is 2.61 bits per heavy atom. The lowest BCUT2D eigenvalue weighted by atomic mass is 9.84. The van der Waals surface area contributed by atoms with Gasteiger partial charge in [-0.15, -0.1) is 0 Å². The number of carbonyl (C=O) groups excluding carboxylic acids is 1. The molecule has 31 heavy (non-hydrogen) atoms. The lowest BCUT2D eigenvalue weighted by Crippen LogP contribution is -2.38. The molecule has 0 bridgehead atoms. The highest BCUT2D eigenvalue weighted by atomic mass is 35.5. The summed E-state index contributed by atoms with van der Waals surface area (Å²) in [6, 6.07) is 7.13. The van der Waals surface area contributed by atoms with E-state index in [-0.39, 0.29) is 28.3 Å². The van der Waals surface area contributed by atoms with E-state index < -0.39 is 17.5 Å². The number of aryl methyl sites for hydroxylation is 1. The monoisotopic (exact) mass is 446 g/mol. The Kier molecular flexibility index (Phi) is 6.14. The molecule has 0 unspecified atom stereocenters. The summed E-state index contributed by atoms with van der Waals surface area (Å²) in [7, 11) is 1.68. The summed E-state index contributed by atoms with van der Waals surface area (Å²) in [6.07, 6.45) is 5.14. The summed E-state index contributed by atoms with van der Waals surface area (Å²) in [6.45, 7) is 2.18. The molecule has 1 heterocycles. The van der Waals surface area contributed by atoms with Crippen LogP contribution in [0.25, 0.3) is 11.0 Å². The van der Waals surface area contributed by atoms with Gasteiger partial charge in [0.1, 0.15) is 11.6 Å². The van der Waals surface area contributed by atoms with Gasteiger partial charge in [-0.2, -0.15) is 0 Å². The molecule has 1 fully saturated rings. The number of aromatic nitrogens is 2. The minimum Gasteiger partial charge on any atom is -0.349 e. The van der Waals surface area contributed by atoms with Crippen LogP contribution in [0, 0.1) is 17.6 Å². The molecule has 1 aromatic heterocycles. The summed E-state index contributed by atoms with van der Waals surface area (Å²) in [5.41, 5.74) is 0.952. The summed E-state index contributed by atoms with van der Waals surface area (Å²) in [5.74, 6) is -0.577. The fourth-order valence-electron chi connectivity index (χ4n) is 4.21. The van der Waals surface area contributed by atoms with Crippen LogP contribution >= 0.6 is 11.6 Å². The maximum atomic E-state index is 14.8. The van der Waals surface area contributed by atoms with Crippen molar-refractivity contribution >= 4 is 40.2 Å². The van der Waals surface area contributed by atoms with Gasteiger partial charge >= 0.3 is 0 Å². The van der Waals surface area contributed by atoms with Crippen molar-refractivity contribution < 1.29 is 13.6 Å². The molecule has 0 saturated heterocycles. The number of anilines is 2. The first kappa shape index (κ1) is 21.6. The third-order valence-electron chi connectivity index (χ3n) is 6.17. The molecule has 8 heteroatoms. The van der Waals surface area contributed by atoms with Crippen LogP contribution in [0.4, 0.5) is 20.4 Å². The van der Waals surface area contributed by atoms with Crippen molar-refractivity contribution in [3.63, 3.8) is 0 Å². The highest BCUT2D eigenvalue weighted by Crippen LogP contribution is 2.30. The smallest absolute Gasteiger partial charge is 0.254 e. The van der Waals surface area contributed by atoms with Gasteiger partial charge in [-0.3, -0.25) is 4.79 Å². The quantitative estimate of drug-likeness (QED) is 0.509. The molecule has 0 atom stereocenters. The van der Waals surface area contributed by atoms with Crippen LogP contribution in [0.15, 0.2) is 30.3 Å². The second-order valence-corrected chi connectivity index (χ2v) is 8.54. The maximum Gasteiger partial charge on any atom is 0.254 e. The molecule has 0 aliphatic heterocycles. The third-order valence-corrected chi connectivity index (χ3v) is 6.49. The first-order chi connectivity index (χ1) is 14.9. The SMILES string of the molecule is CCC1CCC(NC(=O)c2cc3nc(Nc4c(F)cccc4Cl)n(C)c3cc2F)CC1. The minimum atomic E-state index is -0.620. The lowest BCUT2D eigenvalue weighted by Gasteiger charge is -2.28. The van der Waals surface area contributed by atoms with Crippen LogP contribution in [-0.4, -0.2) is 21.5 Å². The van der Waals surface area contributed by atoms with Gasteiger partial charge < -0.3 is 15.2 Å². The average Bonchev–Trinajstić information content (AvgIpc) is 3.05. The minimum absolute atomic E-state index is 0.0429. The Labute approximate surface area is 184 Å². The van der Waals surface area contributed by atoms with Crippen LogP contribution < -0.4 is 10.6 Å². The van der Waals surface area contributed by atoms with E-state index in [4.69, 9.17) is 11.6 Å². The van der Waals surface area contributed by atoms with Gasteiger partial charge in [0.15, 0.2) is 0 Å². The van der Waals surface area contributed by atoms with E-state index in [2.05, 4.69) is 22.5 Å². The Morgan fingerprint density at radius 2 is 1.94 bits per heavy atom. The van der Waals surface area contributed by atoms with Gasteiger partial charge in [-0.05, 0) is 49.8 Å². The Bertz CT molecular complexity index is 1100. The van der Waals surface area contributed by atoms with Gasteiger partial charge in [0.05, 0.1) is 27.3 Å². The number of hydrogen-bond acceptors (Lipinski definition) is 3. The fourth-order valence-corrected chi connectivity index (χ4v) is 4.42. The molecule has 164 valence electrons. The topological polar surface area (TPSA) is 59.0 Å². The van der Waals surface area contributed by atoms with Crippen molar-refractivity contribution in [3.8, 4) is 0 Å². The van der Waals surface area contributed by atoms with Crippen LogP contribution in [0.1, 0.15) is 49.4 Å². The molecule has 0 radical (unpaired) electrons. The second-order valence-electron chi connectivity index (χ2n) is 8.14. The number of fused-ring (bicyclic) bond motifs is 1. The van der Waals surface area contributed by atoms with Gasteiger partial charge in [-0.1, -0.05) is 31.0 Å². The van der Waals surface area contributed by atoms with Crippen molar-refractivity contribution in [1.29, 1.82) is 0 Å². The largest absolute Gasteiger partial charge is 0.349 e. The third kappa shape index (κ3) is 4.37. The average molecular weight is 447 g/mol. The van der Waals surface area contributed by atoms with E-state index in [1.807, 2.05) is 0 Å². The summed E-state index contributed by atoms with van der Waals surface area (Å²) >= 11 is 6.08. The summed E-state index contributed by atoms with van der Waals surface area (Å²) in [4.78, 5) is 17.2. The first-order valence-corrected chi connectivity index (χ1v) is 10.9. The number of rotatable bonds is 5. The number of hydrogen-bond donors (Lipinski definition) is 2. The van der Waals surface area contributed by atoms with Gasteiger partial charge in [0.2, 0.25) is 5.95 Å². The molecule has 3 aromatic rings. The van der Waals surface area contributed by atoms with E-state index in [0.29, 0.717) is 17.0 Å². The molecule has 5 nitrogen and oxygen atoms in total.